The van der Waals surface area contributed by atoms with Gasteiger partial charge in [-0.25, -0.2) is 8.96 Å². The molecule has 1 heterocycles. The quantitative estimate of drug-likeness (QED) is 0.176. The number of benzene rings is 1. The zero-order valence-electron chi connectivity index (χ0n) is 25.3. The van der Waals surface area contributed by atoms with Gasteiger partial charge in [-0.2, -0.15) is 5.09 Å². The van der Waals surface area contributed by atoms with Crippen LogP contribution in [-0.2, 0) is 61.5 Å². The first-order valence-electron chi connectivity index (χ1n) is 13.5. The highest BCUT2D eigenvalue weighted by Gasteiger charge is 2.57. The van der Waals surface area contributed by atoms with E-state index in [1.807, 2.05) is 0 Å². The van der Waals surface area contributed by atoms with Crippen molar-refractivity contribution in [3.8, 4) is 5.75 Å². The minimum Gasteiger partial charge on any atom is -0.463 e. The molecule has 1 N–H and O–H groups in total. The summed E-state index contributed by atoms with van der Waals surface area (Å²) in [7, 11) is -4.76. The van der Waals surface area contributed by atoms with Crippen LogP contribution in [0.25, 0.3) is 0 Å². The molecule has 0 aliphatic carbocycles. The number of alkyl halides is 1. The van der Waals surface area contributed by atoms with E-state index < -0.39 is 93.2 Å². The minimum absolute atomic E-state index is 0.00305. The van der Waals surface area contributed by atoms with E-state index in [0.29, 0.717) is 0 Å². The lowest BCUT2D eigenvalue weighted by molar-refractivity contribution is -0.295. The highest BCUT2D eigenvalue weighted by Crippen LogP contribution is 2.48. The number of nitrogens with one attached hydrogen (secondary N) is 1. The second kappa shape index (κ2) is 16.5. The summed E-state index contributed by atoms with van der Waals surface area (Å²) >= 11 is 0. The highest BCUT2D eigenvalue weighted by atomic mass is 31.2. The molecule has 1 aliphatic rings. The molecule has 246 valence electrons. The fourth-order valence-electron chi connectivity index (χ4n) is 3.93. The normalized spacial score (nSPS) is 24.2. The van der Waals surface area contributed by atoms with E-state index >= 15 is 4.39 Å². The van der Waals surface area contributed by atoms with Crippen molar-refractivity contribution in [1.82, 2.24) is 5.09 Å². The zero-order chi connectivity index (χ0) is 33.2. The van der Waals surface area contributed by atoms with Gasteiger partial charge in [0.05, 0.1) is 6.10 Å². The van der Waals surface area contributed by atoms with Crippen LogP contribution in [0.4, 0.5) is 4.39 Å². The van der Waals surface area contributed by atoms with Crippen LogP contribution >= 0.6 is 7.75 Å². The topological polar surface area (TPSA) is 188 Å². The van der Waals surface area contributed by atoms with Crippen molar-refractivity contribution in [2.45, 2.75) is 97.5 Å². The predicted octanol–water partition coefficient (Wildman–Crippen LogP) is 2.54. The number of hydrogen-bond acceptors (Lipinski definition) is 14. The molecule has 1 aromatic carbocycles. The Balaban J connectivity index is 2.62. The van der Waals surface area contributed by atoms with E-state index in [9.17, 15) is 28.5 Å². The molecule has 0 amide bonds. The fraction of sp³-hybridized carbons (Fsp3) is 0.593. The van der Waals surface area contributed by atoms with E-state index in [1.165, 1.54) is 19.1 Å². The Bertz CT molecular complexity index is 1210. The molecule has 8 atom stereocenters. The van der Waals surface area contributed by atoms with Crippen molar-refractivity contribution < 1.29 is 70.4 Å². The summed E-state index contributed by atoms with van der Waals surface area (Å²) in [5, 5.41) is 2.41. The Morgan fingerprint density at radius 2 is 1.41 bits per heavy atom. The number of halogens is 1. The van der Waals surface area contributed by atoms with Gasteiger partial charge >= 0.3 is 37.6 Å². The largest absolute Gasteiger partial charge is 0.463 e. The molecular formula is C27H37FNO14P. The van der Waals surface area contributed by atoms with Gasteiger partial charge in [0, 0.05) is 27.7 Å². The molecule has 17 heteroatoms. The SMILES string of the molecule is CC(=O)OC[C@H](F)[C@H]1O[C@@H](OP(=O)(N[C@@H](C)C(=O)OC(C)C)Oc2ccccc2)[C@@H](OC(C)=O)[C@@H](OC(C)=O)[C@@H]1OC(C)=O. The number of carbonyl (C=O) groups is 5. The van der Waals surface area contributed by atoms with Crippen LogP contribution in [0.5, 0.6) is 5.75 Å². The van der Waals surface area contributed by atoms with Gasteiger partial charge in [0.1, 0.15) is 24.5 Å². The molecule has 1 aliphatic heterocycles. The molecule has 2 rings (SSSR count). The monoisotopic (exact) mass is 649 g/mol. The maximum atomic E-state index is 15.6. The smallest absolute Gasteiger partial charge is 0.461 e. The van der Waals surface area contributed by atoms with Gasteiger partial charge in [0.15, 0.2) is 24.5 Å². The summed E-state index contributed by atoms with van der Waals surface area (Å²) in [6, 6.07) is 6.26. The molecular weight excluding hydrogens is 612 g/mol. The average Bonchev–Trinajstić information content (AvgIpc) is 2.89. The fourth-order valence-corrected chi connectivity index (χ4v) is 5.51. The molecule has 1 saturated heterocycles. The average molecular weight is 650 g/mol. The van der Waals surface area contributed by atoms with Crippen molar-refractivity contribution in [3.63, 3.8) is 0 Å². The van der Waals surface area contributed by atoms with Crippen LogP contribution in [0.2, 0.25) is 0 Å². The Morgan fingerprint density at radius 1 is 0.864 bits per heavy atom. The van der Waals surface area contributed by atoms with Crippen molar-refractivity contribution in [2.24, 2.45) is 0 Å². The summed E-state index contributed by atoms with van der Waals surface area (Å²) < 4.78 is 72.5. The molecule has 0 bridgehead atoms. The number of para-hydroxylation sites is 1. The van der Waals surface area contributed by atoms with E-state index in [1.54, 1.807) is 32.0 Å². The lowest BCUT2D eigenvalue weighted by atomic mass is 9.95. The summed E-state index contributed by atoms with van der Waals surface area (Å²) in [4.78, 5) is 60.2. The van der Waals surface area contributed by atoms with Gasteiger partial charge in [-0.05, 0) is 32.9 Å². The van der Waals surface area contributed by atoms with Crippen molar-refractivity contribution >= 4 is 37.6 Å². The Hall–Kier alpha value is -3.59. The third-order valence-corrected chi connectivity index (χ3v) is 7.15. The van der Waals surface area contributed by atoms with Crippen LogP contribution in [0, 0.1) is 0 Å². The second-order valence-electron chi connectivity index (χ2n) is 9.85. The van der Waals surface area contributed by atoms with Crippen LogP contribution in [0.15, 0.2) is 30.3 Å². The van der Waals surface area contributed by atoms with Crippen LogP contribution in [0.1, 0.15) is 48.5 Å². The van der Waals surface area contributed by atoms with Crippen LogP contribution in [-0.4, -0.2) is 85.5 Å². The molecule has 1 aromatic rings. The maximum Gasteiger partial charge on any atom is 0.461 e. The van der Waals surface area contributed by atoms with Crippen LogP contribution in [0.3, 0.4) is 0 Å². The number of carbonyl (C=O) groups excluding carboxylic acids is 5. The van der Waals surface area contributed by atoms with Crippen molar-refractivity contribution in [1.29, 1.82) is 0 Å². The Labute approximate surface area is 253 Å². The van der Waals surface area contributed by atoms with Crippen molar-refractivity contribution in [2.75, 3.05) is 6.61 Å². The molecule has 44 heavy (non-hydrogen) atoms. The molecule has 0 radical (unpaired) electrons. The zero-order valence-corrected chi connectivity index (χ0v) is 26.1. The summed E-state index contributed by atoms with van der Waals surface area (Å²) in [6.07, 6.45) is -12.1. The summed E-state index contributed by atoms with van der Waals surface area (Å²) in [5.41, 5.74) is 0. The molecule has 0 aromatic heterocycles. The van der Waals surface area contributed by atoms with Gasteiger partial charge in [-0.3, -0.25) is 28.5 Å². The van der Waals surface area contributed by atoms with E-state index in [4.69, 9.17) is 37.5 Å². The lowest BCUT2D eigenvalue weighted by Gasteiger charge is -2.45. The second-order valence-corrected chi connectivity index (χ2v) is 11.5. The number of rotatable bonds is 14. The lowest BCUT2D eigenvalue weighted by Crippen LogP contribution is -2.64. The van der Waals surface area contributed by atoms with Crippen LogP contribution < -0.4 is 9.61 Å². The molecule has 15 nitrogen and oxygen atoms in total. The number of esters is 5. The number of hydrogen-bond donors (Lipinski definition) is 1. The summed E-state index contributed by atoms with van der Waals surface area (Å²) in [5.74, 6) is -4.58. The van der Waals surface area contributed by atoms with E-state index in [-0.39, 0.29) is 5.75 Å². The van der Waals surface area contributed by atoms with Gasteiger partial charge in [0.2, 0.25) is 6.29 Å². The minimum atomic E-state index is -4.76. The van der Waals surface area contributed by atoms with Crippen molar-refractivity contribution in [3.05, 3.63) is 30.3 Å². The Kier molecular flexibility index (Phi) is 13.7. The summed E-state index contributed by atoms with van der Waals surface area (Å²) in [6.45, 7) is 7.56. The van der Waals surface area contributed by atoms with Gasteiger partial charge < -0.3 is 32.9 Å². The van der Waals surface area contributed by atoms with Gasteiger partial charge in [0.25, 0.3) is 0 Å². The first-order chi connectivity index (χ1) is 20.5. The number of ether oxygens (including phenoxy) is 6. The predicted molar refractivity (Wildman–Crippen MR) is 146 cm³/mol. The first-order valence-corrected chi connectivity index (χ1v) is 15.0. The first kappa shape index (κ1) is 36.6. The molecule has 0 saturated carbocycles. The van der Waals surface area contributed by atoms with E-state index in [2.05, 4.69) is 5.09 Å². The van der Waals surface area contributed by atoms with E-state index in [0.717, 1.165) is 27.7 Å². The third kappa shape index (κ3) is 11.5. The standard InChI is InChI=1S/C27H37FNO14P/c1-14(2)37-26(34)15(3)29-44(35,42-20-11-9-8-10-12-20)43-27-25(40-19(7)33)24(39-18(6)32)23(38-17(5)31)22(41-27)21(28)13-36-16(4)30/h8-12,14-15,21-25,27H,13H2,1-7H3,(H,29,35)/t15-,21-,22+,23+,24-,25-,27-,44?/m0/s1. The maximum absolute atomic E-state index is 15.6. The Morgan fingerprint density at radius 3 is 1.93 bits per heavy atom. The van der Waals surface area contributed by atoms with Gasteiger partial charge in [-0.1, -0.05) is 18.2 Å². The molecule has 1 unspecified atom stereocenters. The molecule has 0 spiro atoms. The van der Waals surface area contributed by atoms with Gasteiger partial charge in [-0.15, -0.1) is 0 Å². The third-order valence-electron chi connectivity index (χ3n) is 5.51. The highest BCUT2D eigenvalue weighted by molar-refractivity contribution is 7.52. The molecule has 1 fully saturated rings.